The van der Waals surface area contributed by atoms with Crippen LogP contribution in [-0.2, 0) is 0 Å². The topological polar surface area (TPSA) is 21.6 Å². The lowest BCUT2D eigenvalue weighted by molar-refractivity contribution is 0.373. The first-order chi connectivity index (χ1) is 8.34. The molecule has 2 nitrogen and oxygen atoms in total. The number of aliphatic imine (C=N–C) groups is 1. The molecular formula is C14H10ClNO. The van der Waals surface area contributed by atoms with Crippen LogP contribution in [0.4, 0.5) is 5.69 Å². The minimum absolute atomic E-state index is 0.459. The first-order valence-corrected chi connectivity index (χ1v) is 5.77. The molecule has 17 heavy (non-hydrogen) atoms. The lowest BCUT2D eigenvalue weighted by atomic mass is 10.1. The first kappa shape index (κ1) is 10.4. The summed E-state index contributed by atoms with van der Waals surface area (Å²) in [6.45, 7) is 0.459. The number of benzene rings is 2. The van der Waals surface area contributed by atoms with Crippen molar-refractivity contribution in [1.29, 1.82) is 0 Å². The summed E-state index contributed by atoms with van der Waals surface area (Å²) in [5.74, 6) is 0.823. The van der Waals surface area contributed by atoms with E-state index in [-0.39, 0.29) is 0 Å². The van der Waals surface area contributed by atoms with Crippen molar-refractivity contribution in [2.75, 3.05) is 6.61 Å². The molecule has 1 aliphatic heterocycles. The normalized spacial score (nSPS) is 13.6. The summed E-state index contributed by atoms with van der Waals surface area (Å²) < 4.78 is 5.66. The van der Waals surface area contributed by atoms with Crippen molar-refractivity contribution in [3.05, 3.63) is 59.1 Å². The van der Waals surface area contributed by atoms with Gasteiger partial charge in [0.15, 0.2) is 0 Å². The third-order valence-corrected chi connectivity index (χ3v) is 3.00. The van der Waals surface area contributed by atoms with Crippen LogP contribution in [0.1, 0.15) is 5.56 Å². The third kappa shape index (κ3) is 1.92. The minimum Gasteiger partial charge on any atom is -0.485 e. The van der Waals surface area contributed by atoms with E-state index >= 15 is 0 Å². The standard InChI is InChI=1S/C14H10ClNO/c15-11-6-2-1-5-10(11)13-9-17-14-8-4-3-7-12(14)16-13/h1-8H,9H2. The maximum Gasteiger partial charge on any atom is 0.145 e. The summed E-state index contributed by atoms with van der Waals surface area (Å²) in [6, 6.07) is 15.4. The maximum atomic E-state index is 6.15. The Morgan fingerprint density at radius 3 is 2.65 bits per heavy atom. The van der Waals surface area contributed by atoms with Crippen LogP contribution in [0, 0.1) is 0 Å². The van der Waals surface area contributed by atoms with Crippen LogP contribution >= 0.6 is 11.6 Å². The zero-order valence-corrected chi connectivity index (χ0v) is 9.82. The van der Waals surface area contributed by atoms with Crippen molar-refractivity contribution in [3.63, 3.8) is 0 Å². The Labute approximate surface area is 105 Å². The van der Waals surface area contributed by atoms with Crippen molar-refractivity contribution in [2.24, 2.45) is 4.99 Å². The van der Waals surface area contributed by atoms with E-state index in [1.165, 1.54) is 0 Å². The monoisotopic (exact) mass is 243 g/mol. The molecule has 0 aromatic heterocycles. The van der Waals surface area contributed by atoms with Crippen LogP contribution in [0.15, 0.2) is 53.5 Å². The summed E-state index contributed by atoms with van der Waals surface area (Å²) in [5.41, 5.74) is 2.66. The van der Waals surface area contributed by atoms with Gasteiger partial charge in [0, 0.05) is 10.6 Å². The number of hydrogen-bond donors (Lipinski definition) is 0. The predicted molar refractivity (Wildman–Crippen MR) is 69.6 cm³/mol. The van der Waals surface area contributed by atoms with Gasteiger partial charge in [-0.25, -0.2) is 4.99 Å². The lowest BCUT2D eigenvalue weighted by Gasteiger charge is -2.17. The van der Waals surface area contributed by atoms with E-state index in [4.69, 9.17) is 16.3 Å². The molecule has 84 valence electrons. The molecule has 0 N–H and O–H groups in total. The van der Waals surface area contributed by atoms with Crippen molar-refractivity contribution in [3.8, 4) is 5.75 Å². The molecule has 2 aromatic carbocycles. The van der Waals surface area contributed by atoms with Crippen molar-refractivity contribution in [2.45, 2.75) is 0 Å². The molecule has 3 heteroatoms. The highest BCUT2D eigenvalue weighted by Gasteiger charge is 2.15. The molecule has 0 bridgehead atoms. The number of fused-ring (bicyclic) bond motifs is 1. The van der Waals surface area contributed by atoms with E-state index < -0.39 is 0 Å². The van der Waals surface area contributed by atoms with Gasteiger partial charge in [0.1, 0.15) is 18.0 Å². The average molecular weight is 244 g/mol. The molecule has 0 amide bonds. The van der Waals surface area contributed by atoms with Gasteiger partial charge in [-0.05, 0) is 18.2 Å². The SMILES string of the molecule is Clc1ccccc1C1=Nc2ccccc2OC1. The van der Waals surface area contributed by atoms with Gasteiger partial charge < -0.3 is 4.74 Å². The van der Waals surface area contributed by atoms with Gasteiger partial charge in [0.25, 0.3) is 0 Å². The second kappa shape index (κ2) is 4.22. The Morgan fingerprint density at radius 2 is 1.76 bits per heavy atom. The zero-order chi connectivity index (χ0) is 11.7. The number of rotatable bonds is 1. The second-order valence-electron chi connectivity index (χ2n) is 3.79. The number of para-hydroxylation sites is 2. The Hall–Kier alpha value is -1.80. The molecule has 0 unspecified atom stereocenters. The van der Waals surface area contributed by atoms with Crippen molar-refractivity contribution < 1.29 is 4.74 Å². The van der Waals surface area contributed by atoms with Crippen LogP contribution in [0.25, 0.3) is 0 Å². The van der Waals surface area contributed by atoms with Crippen LogP contribution in [0.3, 0.4) is 0 Å². The predicted octanol–water partition coefficient (Wildman–Crippen LogP) is 3.85. The second-order valence-corrected chi connectivity index (χ2v) is 4.20. The summed E-state index contributed by atoms with van der Waals surface area (Å²) >= 11 is 6.15. The molecule has 0 spiro atoms. The largest absolute Gasteiger partial charge is 0.485 e. The molecule has 1 aliphatic rings. The number of ether oxygens (including phenoxy) is 1. The first-order valence-electron chi connectivity index (χ1n) is 5.39. The molecule has 0 atom stereocenters. The van der Waals surface area contributed by atoms with E-state index in [1.807, 2.05) is 48.5 Å². The van der Waals surface area contributed by atoms with Gasteiger partial charge in [-0.1, -0.05) is 41.9 Å². The van der Waals surface area contributed by atoms with Gasteiger partial charge in [-0.2, -0.15) is 0 Å². The fourth-order valence-corrected chi connectivity index (χ4v) is 2.07. The molecular weight excluding hydrogens is 234 g/mol. The fourth-order valence-electron chi connectivity index (χ4n) is 1.83. The molecule has 3 rings (SSSR count). The maximum absolute atomic E-state index is 6.15. The smallest absolute Gasteiger partial charge is 0.145 e. The van der Waals surface area contributed by atoms with Gasteiger partial charge in [0.2, 0.25) is 0 Å². The van der Waals surface area contributed by atoms with Gasteiger partial charge in [-0.3, -0.25) is 0 Å². The molecule has 0 fully saturated rings. The number of halogens is 1. The molecule has 0 radical (unpaired) electrons. The third-order valence-electron chi connectivity index (χ3n) is 2.67. The van der Waals surface area contributed by atoms with Crippen LogP contribution in [-0.4, -0.2) is 12.3 Å². The summed E-state index contributed by atoms with van der Waals surface area (Å²) in [5, 5.41) is 0.703. The van der Waals surface area contributed by atoms with E-state index in [0.29, 0.717) is 11.6 Å². The van der Waals surface area contributed by atoms with Crippen molar-refractivity contribution in [1.82, 2.24) is 0 Å². The van der Waals surface area contributed by atoms with E-state index in [1.54, 1.807) is 0 Å². The van der Waals surface area contributed by atoms with Gasteiger partial charge >= 0.3 is 0 Å². The lowest BCUT2D eigenvalue weighted by Crippen LogP contribution is -2.16. The van der Waals surface area contributed by atoms with E-state index in [2.05, 4.69) is 4.99 Å². The molecule has 0 saturated carbocycles. The van der Waals surface area contributed by atoms with E-state index in [9.17, 15) is 0 Å². The highest BCUT2D eigenvalue weighted by molar-refractivity contribution is 6.34. The molecule has 0 aliphatic carbocycles. The molecule has 0 saturated heterocycles. The highest BCUT2D eigenvalue weighted by Crippen LogP contribution is 2.31. The fraction of sp³-hybridized carbons (Fsp3) is 0.0714. The molecule has 1 heterocycles. The number of hydrogen-bond acceptors (Lipinski definition) is 2. The quantitative estimate of drug-likeness (QED) is 0.746. The Kier molecular flexibility index (Phi) is 2.57. The van der Waals surface area contributed by atoms with Gasteiger partial charge in [0.05, 0.1) is 5.71 Å². The Morgan fingerprint density at radius 1 is 1.00 bits per heavy atom. The van der Waals surface area contributed by atoms with Crippen LogP contribution < -0.4 is 4.74 Å². The van der Waals surface area contributed by atoms with Crippen molar-refractivity contribution >= 4 is 23.0 Å². The Balaban J connectivity index is 2.08. The van der Waals surface area contributed by atoms with Gasteiger partial charge in [-0.15, -0.1) is 0 Å². The summed E-state index contributed by atoms with van der Waals surface area (Å²) in [4.78, 5) is 4.58. The Bertz CT molecular complexity index is 592. The summed E-state index contributed by atoms with van der Waals surface area (Å²) in [6.07, 6.45) is 0. The van der Waals surface area contributed by atoms with E-state index in [0.717, 1.165) is 22.7 Å². The zero-order valence-electron chi connectivity index (χ0n) is 9.06. The minimum atomic E-state index is 0.459. The number of nitrogens with zero attached hydrogens (tertiary/aromatic N) is 1. The molecule has 2 aromatic rings. The highest BCUT2D eigenvalue weighted by atomic mass is 35.5. The van der Waals surface area contributed by atoms with Crippen LogP contribution in [0.5, 0.6) is 5.75 Å². The average Bonchev–Trinajstić information content (AvgIpc) is 2.39. The summed E-state index contributed by atoms with van der Waals surface area (Å²) in [7, 11) is 0. The van der Waals surface area contributed by atoms with Crippen LogP contribution in [0.2, 0.25) is 5.02 Å².